The molecule has 28 heavy (non-hydrogen) atoms. The van der Waals surface area contributed by atoms with Gasteiger partial charge in [-0.2, -0.15) is 57.1 Å². The van der Waals surface area contributed by atoms with Crippen LogP contribution in [-0.2, 0) is 9.53 Å². The lowest BCUT2D eigenvalue weighted by Crippen LogP contribution is -2.70. The van der Waals surface area contributed by atoms with Crippen LogP contribution in [0, 0.1) is 0 Å². The molecule has 1 heterocycles. The number of hydrogen-bond donors (Lipinski definition) is 0. The third-order valence-corrected chi connectivity index (χ3v) is 4.89. The molecule has 1 saturated heterocycles. The first kappa shape index (κ1) is 24.9. The molecule has 2 nitrogen and oxygen atoms in total. The molecule has 0 bridgehead atoms. The number of hydrogen-bond acceptors (Lipinski definition) is 3. The van der Waals surface area contributed by atoms with E-state index in [1.165, 1.54) is 0 Å². The van der Waals surface area contributed by atoms with Crippen molar-refractivity contribution in [3.63, 3.8) is 0 Å². The average molecular weight is 464 g/mol. The standard InChI is InChI=1S/C12H9F13O2S/c13-7(14,2-4-28-5-1-3-27-6(5)26)8(15,16)9(17,18)10(19,20)11(21,22)12(23,24)25/h5H,1-4H2. The van der Waals surface area contributed by atoms with E-state index >= 15 is 0 Å². The van der Waals surface area contributed by atoms with Crippen LogP contribution in [0.25, 0.3) is 0 Å². The Morgan fingerprint density at radius 2 is 1.25 bits per heavy atom. The van der Waals surface area contributed by atoms with Crippen molar-refractivity contribution in [1.29, 1.82) is 0 Å². The summed E-state index contributed by atoms with van der Waals surface area (Å²) < 4.78 is 172. The summed E-state index contributed by atoms with van der Waals surface area (Å²) in [6, 6.07) is 0. The topological polar surface area (TPSA) is 26.3 Å². The highest BCUT2D eigenvalue weighted by Crippen LogP contribution is 2.60. The third-order valence-electron chi connectivity index (χ3n) is 3.62. The summed E-state index contributed by atoms with van der Waals surface area (Å²) in [5.41, 5.74) is 0. The van der Waals surface area contributed by atoms with E-state index in [9.17, 15) is 61.9 Å². The van der Waals surface area contributed by atoms with Gasteiger partial charge in [0, 0.05) is 18.6 Å². The van der Waals surface area contributed by atoms with Gasteiger partial charge >= 0.3 is 41.8 Å². The molecule has 1 atom stereocenters. The summed E-state index contributed by atoms with van der Waals surface area (Å²) >= 11 is 0.215. The fourth-order valence-corrected chi connectivity index (χ4v) is 3.04. The Labute approximate surface area is 151 Å². The van der Waals surface area contributed by atoms with E-state index in [1.54, 1.807) is 0 Å². The van der Waals surface area contributed by atoms with Gasteiger partial charge in [-0.3, -0.25) is 4.79 Å². The molecule has 1 aliphatic heterocycles. The van der Waals surface area contributed by atoms with Crippen molar-refractivity contribution < 1.29 is 66.6 Å². The molecule has 1 fully saturated rings. The highest BCUT2D eigenvalue weighted by molar-refractivity contribution is 8.00. The molecule has 0 saturated carbocycles. The maximum Gasteiger partial charge on any atom is 0.460 e. The molecule has 0 aromatic carbocycles. The lowest BCUT2D eigenvalue weighted by atomic mass is 9.93. The number of alkyl halides is 13. The van der Waals surface area contributed by atoms with Gasteiger partial charge in [0.1, 0.15) is 5.25 Å². The van der Waals surface area contributed by atoms with Gasteiger partial charge in [-0.1, -0.05) is 0 Å². The quantitative estimate of drug-likeness (QED) is 0.367. The minimum absolute atomic E-state index is 0.0580. The number of carbonyl (C=O) groups excluding carboxylic acids is 1. The molecule has 0 radical (unpaired) electrons. The van der Waals surface area contributed by atoms with Crippen LogP contribution in [0.2, 0.25) is 0 Å². The van der Waals surface area contributed by atoms with Crippen LogP contribution < -0.4 is 0 Å². The SMILES string of the molecule is O=C1OCCC1SCCC(F)(F)C(F)(F)C(F)(F)C(F)(F)C(F)(F)C(F)(F)F. The van der Waals surface area contributed by atoms with E-state index in [0.29, 0.717) is 0 Å². The molecule has 0 spiro atoms. The van der Waals surface area contributed by atoms with Gasteiger partial charge in [0.25, 0.3) is 0 Å². The van der Waals surface area contributed by atoms with E-state index in [0.717, 1.165) is 0 Å². The van der Waals surface area contributed by atoms with Crippen molar-refractivity contribution in [1.82, 2.24) is 0 Å². The van der Waals surface area contributed by atoms with Crippen LogP contribution in [0.4, 0.5) is 57.1 Å². The number of carbonyl (C=O) groups is 1. The molecule has 16 heteroatoms. The smallest absolute Gasteiger partial charge is 0.460 e. The second-order valence-corrected chi connectivity index (χ2v) is 6.88. The van der Waals surface area contributed by atoms with Crippen LogP contribution in [-0.4, -0.2) is 59.4 Å². The van der Waals surface area contributed by atoms with E-state index in [-0.39, 0.29) is 24.8 Å². The Hall–Kier alpha value is -1.09. The van der Waals surface area contributed by atoms with Crippen molar-refractivity contribution in [3.8, 4) is 0 Å². The molecule has 0 amide bonds. The van der Waals surface area contributed by atoms with Crippen molar-refractivity contribution in [3.05, 3.63) is 0 Å². The van der Waals surface area contributed by atoms with Crippen LogP contribution in [0.5, 0.6) is 0 Å². The highest BCUT2D eigenvalue weighted by atomic mass is 32.2. The first-order chi connectivity index (χ1) is 12.2. The van der Waals surface area contributed by atoms with Crippen LogP contribution in [0.1, 0.15) is 12.8 Å². The van der Waals surface area contributed by atoms with Gasteiger partial charge in [-0.15, -0.1) is 11.8 Å². The lowest BCUT2D eigenvalue weighted by molar-refractivity contribution is -0.439. The van der Waals surface area contributed by atoms with Crippen LogP contribution in [0.3, 0.4) is 0 Å². The molecule has 0 aliphatic carbocycles. The van der Waals surface area contributed by atoms with Crippen LogP contribution in [0.15, 0.2) is 0 Å². The summed E-state index contributed by atoms with van der Waals surface area (Å²) in [7, 11) is 0. The van der Waals surface area contributed by atoms with Gasteiger partial charge < -0.3 is 4.74 Å². The fourth-order valence-electron chi connectivity index (χ4n) is 1.92. The molecule has 0 aromatic rings. The Morgan fingerprint density at radius 3 is 1.64 bits per heavy atom. The maximum atomic E-state index is 13.5. The molecular weight excluding hydrogens is 455 g/mol. The maximum absolute atomic E-state index is 13.5. The first-order valence-electron chi connectivity index (χ1n) is 6.98. The van der Waals surface area contributed by atoms with Crippen molar-refractivity contribution >= 4 is 17.7 Å². The Balaban J connectivity index is 3.06. The van der Waals surface area contributed by atoms with E-state index < -0.39 is 59.2 Å². The lowest BCUT2D eigenvalue weighted by Gasteiger charge is -2.39. The number of ether oxygens (including phenoxy) is 1. The number of halogens is 13. The predicted octanol–water partition coefficient (Wildman–Crippen LogP) is 5.16. The minimum atomic E-state index is -7.90. The number of esters is 1. The van der Waals surface area contributed by atoms with Gasteiger partial charge in [-0.25, -0.2) is 0 Å². The average Bonchev–Trinajstić information content (AvgIpc) is 2.90. The Morgan fingerprint density at radius 1 is 0.786 bits per heavy atom. The van der Waals surface area contributed by atoms with Crippen molar-refractivity contribution in [2.75, 3.05) is 12.4 Å². The first-order valence-corrected chi connectivity index (χ1v) is 8.03. The van der Waals surface area contributed by atoms with Crippen molar-refractivity contribution in [2.24, 2.45) is 0 Å². The second kappa shape index (κ2) is 7.31. The summed E-state index contributed by atoms with van der Waals surface area (Å²) in [5, 5.41) is -1.14. The Kier molecular flexibility index (Phi) is 6.51. The van der Waals surface area contributed by atoms with Gasteiger partial charge in [0.15, 0.2) is 0 Å². The molecule has 1 unspecified atom stereocenters. The third kappa shape index (κ3) is 3.84. The predicted molar refractivity (Wildman–Crippen MR) is 67.2 cm³/mol. The zero-order valence-electron chi connectivity index (χ0n) is 13.0. The van der Waals surface area contributed by atoms with Crippen molar-refractivity contribution in [2.45, 2.75) is 53.9 Å². The van der Waals surface area contributed by atoms with Gasteiger partial charge in [-0.05, 0) is 0 Å². The highest BCUT2D eigenvalue weighted by Gasteiger charge is 2.90. The second-order valence-electron chi connectivity index (χ2n) is 5.57. The largest absolute Gasteiger partial charge is 0.465 e. The summed E-state index contributed by atoms with van der Waals surface area (Å²) in [4.78, 5) is 11.0. The zero-order valence-corrected chi connectivity index (χ0v) is 13.9. The van der Waals surface area contributed by atoms with E-state index in [2.05, 4.69) is 4.74 Å². The van der Waals surface area contributed by atoms with Gasteiger partial charge in [0.2, 0.25) is 0 Å². The fraction of sp³-hybridized carbons (Fsp3) is 0.917. The summed E-state index contributed by atoms with van der Waals surface area (Å²) in [5.74, 6) is -39.0. The summed E-state index contributed by atoms with van der Waals surface area (Å²) in [6.45, 7) is -0.153. The zero-order chi connectivity index (χ0) is 22.4. The molecular formula is C12H9F13O2S. The molecule has 1 rings (SSSR count). The number of cyclic esters (lactones) is 1. The Bertz CT molecular complexity index is 587. The van der Waals surface area contributed by atoms with Gasteiger partial charge in [0.05, 0.1) is 6.61 Å². The molecule has 0 N–H and O–H groups in total. The normalized spacial score (nSPS) is 20.5. The number of thioether (sulfide) groups is 1. The molecule has 166 valence electrons. The van der Waals surface area contributed by atoms with Crippen LogP contribution >= 0.6 is 11.8 Å². The van der Waals surface area contributed by atoms with E-state index in [4.69, 9.17) is 0 Å². The molecule has 1 aliphatic rings. The number of rotatable bonds is 8. The minimum Gasteiger partial charge on any atom is -0.465 e. The summed E-state index contributed by atoms with van der Waals surface area (Å²) in [6.07, 6.45) is -9.81. The molecule has 0 aromatic heterocycles. The van der Waals surface area contributed by atoms with E-state index in [1.807, 2.05) is 0 Å². The monoisotopic (exact) mass is 464 g/mol.